The van der Waals surface area contributed by atoms with Crippen LogP contribution in [0.4, 0.5) is 0 Å². The molecule has 1 heteroatoms. The summed E-state index contributed by atoms with van der Waals surface area (Å²) in [6, 6.07) is 0. The van der Waals surface area contributed by atoms with E-state index in [2.05, 4.69) is 6.92 Å². The molecule has 0 radical (unpaired) electrons. The molecule has 1 aliphatic carbocycles. The average molecular weight is 155 g/mol. The molecule has 0 bridgehead atoms. The zero-order valence-electron chi connectivity index (χ0n) is 7.68. The van der Waals surface area contributed by atoms with Crippen molar-refractivity contribution in [2.45, 2.75) is 45.4 Å². The first-order valence-electron chi connectivity index (χ1n) is 5.03. The summed E-state index contributed by atoms with van der Waals surface area (Å²) in [6.45, 7) is 3.27. The van der Waals surface area contributed by atoms with Crippen LogP contribution < -0.4 is 5.73 Å². The van der Waals surface area contributed by atoms with Crippen LogP contribution in [0.3, 0.4) is 0 Å². The van der Waals surface area contributed by atoms with E-state index in [9.17, 15) is 0 Å². The van der Waals surface area contributed by atoms with Gasteiger partial charge in [-0.2, -0.15) is 0 Å². The van der Waals surface area contributed by atoms with Gasteiger partial charge < -0.3 is 5.73 Å². The van der Waals surface area contributed by atoms with E-state index in [-0.39, 0.29) is 0 Å². The number of hydrogen-bond acceptors (Lipinski definition) is 1. The van der Waals surface area contributed by atoms with Gasteiger partial charge in [0.15, 0.2) is 0 Å². The van der Waals surface area contributed by atoms with E-state index in [4.69, 9.17) is 5.73 Å². The molecule has 0 spiro atoms. The van der Waals surface area contributed by atoms with E-state index < -0.39 is 0 Å². The highest BCUT2D eigenvalue weighted by Crippen LogP contribution is 2.28. The summed E-state index contributed by atoms with van der Waals surface area (Å²) in [5, 5.41) is 0. The molecule has 0 saturated heterocycles. The van der Waals surface area contributed by atoms with Crippen LogP contribution in [0.15, 0.2) is 0 Å². The first-order chi connectivity index (χ1) is 5.33. The van der Waals surface area contributed by atoms with Crippen molar-refractivity contribution < 1.29 is 0 Å². The molecule has 1 aliphatic rings. The van der Waals surface area contributed by atoms with Crippen molar-refractivity contribution in [3.05, 3.63) is 0 Å². The Labute approximate surface area is 70.4 Å². The molecular weight excluding hydrogens is 134 g/mol. The van der Waals surface area contributed by atoms with Crippen molar-refractivity contribution >= 4 is 0 Å². The van der Waals surface area contributed by atoms with Crippen LogP contribution in [0.25, 0.3) is 0 Å². The fourth-order valence-electron chi connectivity index (χ4n) is 2.09. The van der Waals surface area contributed by atoms with E-state index in [0.717, 1.165) is 18.4 Å². The smallest absolute Gasteiger partial charge is 0.00746 e. The Morgan fingerprint density at radius 3 is 2.73 bits per heavy atom. The van der Waals surface area contributed by atoms with Gasteiger partial charge in [-0.25, -0.2) is 0 Å². The molecule has 1 nitrogen and oxygen atoms in total. The molecule has 0 aromatic carbocycles. The maximum absolute atomic E-state index is 5.55. The largest absolute Gasteiger partial charge is 0.330 e. The SMILES string of the molecule is C[C@@H]1CCCC(CCN)CC1. The predicted octanol–water partition coefficient (Wildman–Crippen LogP) is 2.55. The Morgan fingerprint density at radius 2 is 2.00 bits per heavy atom. The minimum Gasteiger partial charge on any atom is -0.330 e. The Kier molecular flexibility index (Phi) is 3.92. The van der Waals surface area contributed by atoms with Gasteiger partial charge in [-0.05, 0) is 24.8 Å². The van der Waals surface area contributed by atoms with Crippen molar-refractivity contribution in [3.63, 3.8) is 0 Å². The van der Waals surface area contributed by atoms with Gasteiger partial charge in [0, 0.05) is 0 Å². The van der Waals surface area contributed by atoms with E-state index in [1.54, 1.807) is 0 Å². The molecule has 0 aromatic rings. The minimum absolute atomic E-state index is 0.888. The highest BCUT2D eigenvalue weighted by molar-refractivity contribution is 4.68. The van der Waals surface area contributed by atoms with Crippen molar-refractivity contribution in [2.75, 3.05) is 6.54 Å². The molecule has 0 amide bonds. The Balaban J connectivity index is 2.22. The Hall–Kier alpha value is -0.0400. The Morgan fingerprint density at radius 1 is 1.18 bits per heavy atom. The Bertz CT molecular complexity index is 101. The highest BCUT2D eigenvalue weighted by Gasteiger charge is 2.14. The van der Waals surface area contributed by atoms with E-state index >= 15 is 0 Å². The molecule has 1 rings (SSSR count). The molecular formula is C10H21N. The van der Waals surface area contributed by atoms with Gasteiger partial charge in [-0.1, -0.05) is 39.0 Å². The van der Waals surface area contributed by atoms with Gasteiger partial charge >= 0.3 is 0 Å². The summed E-state index contributed by atoms with van der Waals surface area (Å²) in [4.78, 5) is 0. The molecule has 0 aromatic heterocycles. The van der Waals surface area contributed by atoms with Gasteiger partial charge in [-0.3, -0.25) is 0 Å². The fraction of sp³-hybridized carbons (Fsp3) is 1.00. The van der Waals surface area contributed by atoms with Gasteiger partial charge in [0.05, 0.1) is 0 Å². The normalized spacial score (nSPS) is 33.3. The zero-order chi connectivity index (χ0) is 8.10. The van der Waals surface area contributed by atoms with Crippen LogP contribution in [0.1, 0.15) is 45.4 Å². The van der Waals surface area contributed by atoms with E-state index in [1.807, 2.05) is 0 Å². The second kappa shape index (κ2) is 4.76. The third kappa shape index (κ3) is 3.24. The second-order valence-electron chi connectivity index (χ2n) is 4.06. The highest BCUT2D eigenvalue weighted by atomic mass is 14.5. The third-order valence-corrected chi connectivity index (χ3v) is 2.95. The van der Waals surface area contributed by atoms with Crippen LogP contribution in [0, 0.1) is 11.8 Å². The number of hydrogen-bond donors (Lipinski definition) is 1. The fourth-order valence-corrected chi connectivity index (χ4v) is 2.09. The molecule has 11 heavy (non-hydrogen) atoms. The maximum Gasteiger partial charge on any atom is -0.00746 e. The van der Waals surface area contributed by atoms with Crippen LogP contribution in [-0.4, -0.2) is 6.54 Å². The van der Waals surface area contributed by atoms with Crippen molar-refractivity contribution in [1.82, 2.24) is 0 Å². The topological polar surface area (TPSA) is 26.0 Å². The van der Waals surface area contributed by atoms with Gasteiger partial charge in [-0.15, -0.1) is 0 Å². The van der Waals surface area contributed by atoms with Gasteiger partial charge in [0.1, 0.15) is 0 Å². The molecule has 66 valence electrons. The van der Waals surface area contributed by atoms with Crippen molar-refractivity contribution in [3.8, 4) is 0 Å². The van der Waals surface area contributed by atoms with Crippen LogP contribution >= 0.6 is 0 Å². The third-order valence-electron chi connectivity index (χ3n) is 2.95. The lowest BCUT2D eigenvalue weighted by molar-refractivity contribution is 0.424. The minimum atomic E-state index is 0.888. The maximum atomic E-state index is 5.55. The molecule has 2 N–H and O–H groups in total. The van der Waals surface area contributed by atoms with Crippen LogP contribution in [0.5, 0.6) is 0 Å². The quantitative estimate of drug-likeness (QED) is 0.609. The molecule has 0 heterocycles. The summed E-state index contributed by atoms with van der Waals surface area (Å²) in [5.41, 5.74) is 5.55. The van der Waals surface area contributed by atoms with Gasteiger partial charge in [0.25, 0.3) is 0 Å². The standard InChI is InChI=1S/C10H21N/c1-9-3-2-4-10(6-5-9)7-8-11/h9-10H,2-8,11H2,1H3/t9-,10?/m1/s1. The first-order valence-corrected chi connectivity index (χ1v) is 5.03. The van der Waals surface area contributed by atoms with Crippen molar-refractivity contribution in [1.29, 1.82) is 0 Å². The lowest BCUT2D eigenvalue weighted by Gasteiger charge is -2.11. The van der Waals surface area contributed by atoms with Crippen molar-refractivity contribution in [2.24, 2.45) is 17.6 Å². The van der Waals surface area contributed by atoms with Crippen LogP contribution in [0.2, 0.25) is 0 Å². The van der Waals surface area contributed by atoms with E-state index in [0.29, 0.717) is 0 Å². The number of rotatable bonds is 2. The lowest BCUT2D eigenvalue weighted by Crippen LogP contribution is -2.07. The summed E-state index contributed by atoms with van der Waals surface area (Å²) >= 11 is 0. The molecule has 1 fully saturated rings. The second-order valence-corrected chi connectivity index (χ2v) is 4.06. The zero-order valence-corrected chi connectivity index (χ0v) is 7.68. The average Bonchev–Trinajstić information content (AvgIpc) is 2.17. The lowest BCUT2D eigenvalue weighted by atomic mass is 9.96. The summed E-state index contributed by atoms with van der Waals surface area (Å²) in [6.07, 6.45) is 8.43. The summed E-state index contributed by atoms with van der Waals surface area (Å²) in [5.74, 6) is 1.92. The predicted molar refractivity (Wildman–Crippen MR) is 49.4 cm³/mol. The monoisotopic (exact) mass is 155 g/mol. The number of nitrogens with two attached hydrogens (primary N) is 1. The molecule has 1 saturated carbocycles. The van der Waals surface area contributed by atoms with E-state index in [1.165, 1.54) is 38.5 Å². The first kappa shape index (κ1) is 9.05. The molecule has 1 unspecified atom stereocenters. The summed E-state index contributed by atoms with van der Waals surface area (Å²) in [7, 11) is 0. The van der Waals surface area contributed by atoms with Gasteiger partial charge in [0.2, 0.25) is 0 Å². The molecule has 2 atom stereocenters. The summed E-state index contributed by atoms with van der Waals surface area (Å²) < 4.78 is 0. The van der Waals surface area contributed by atoms with Crippen LogP contribution in [-0.2, 0) is 0 Å². The molecule has 0 aliphatic heterocycles.